The van der Waals surface area contributed by atoms with Gasteiger partial charge in [0.1, 0.15) is 6.54 Å². The van der Waals surface area contributed by atoms with E-state index in [1.54, 1.807) is 42.7 Å². The van der Waals surface area contributed by atoms with E-state index in [1.807, 2.05) is 29.6 Å². The first kappa shape index (κ1) is 22.3. The molecule has 1 aliphatic rings. The molecule has 32 heavy (non-hydrogen) atoms. The van der Waals surface area contributed by atoms with Crippen LogP contribution in [0.2, 0.25) is 5.02 Å². The molecule has 0 spiro atoms. The summed E-state index contributed by atoms with van der Waals surface area (Å²) in [7, 11) is 1.55. The topological polar surface area (TPSA) is 75.3 Å². The highest BCUT2D eigenvalue weighted by Gasteiger charge is 2.35. The number of carbonyl (C=O) groups is 2. The van der Waals surface area contributed by atoms with Gasteiger partial charge in [-0.25, -0.2) is 5.01 Å². The third-order valence-corrected chi connectivity index (χ3v) is 6.31. The number of hydrogen-bond donors (Lipinski definition) is 0. The molecule has 1 aliphatic heterocycles. The maximum Gasteiger partial charge on any atom is 0.290 e. The van der Waals surface area contributed by atoms with Crippen molar-refractivity contribution in [2.45, 2.75) is 12.5 Å². The number of hydrogen-bond acceptors (Lipinski definition) is 6. The van der Waals surface area contributed by atoms with Crippen molar-refractivity contribution in [3.8, 4) is 0 Å². The third kappa shape index (κ3) is 4.93. The second kappa shape index (κ2) is 10.1. The minimum absolute atomic E-state index is 0.145. The number of furan rings is 1. The molecule has 0 saturated heterocycles. The average Bonchev–Trinajstić information content (AvgIpc) is 3.57. The van der Waals surface area contributed by atoms with Crippen LogP contribution in [0, 0.1) is 0 Å². The predicted molar refractivity (Wildman–Crippen MR) is 123 cm³/mol. The van der Waals surface area contributed by atoms with Gasteiger partial charge < -0.3 is 14.1 Å². The zero-order valence-electron chi connectivity index (χ0n) is 17.4. The van der Waals surface area contributed by atoms with Gasteiger partial charge in [0, 0.05) is 25.1 Å². The third-order valence-electron chi connectivity index (χ3n) is 5.14. The number of amides is 2. The number of hydrazone groups is 1. The number of thiophene rings is 1. The van der Waals surface area contributed by atoms with Gasteiger partial charge in [0.2, 0.25) is 0 Å². The van der Waals surface area contributed by atoms with Crippen LogP contribution in [0.3, 0.4) is 0 Å². The fraction of sp³-hybridized carbons (Fsp3) is 0.261. The molecule has 0 fully saturated rings. The minimum atomic E-state index is -0.370. The molecule has 1 atom stereocenters. The van der Waals surface area contributed by atoms with Crippen molar-refractivity contribution in [1.29, 1.82) is 0 Å². The van der Waals surface area contributed by atoms with Gasteiger partial charge in [-0.1, -0.05) is 29.8 Å². The van der Waals surface area contributed by atoms with E-state index in [0.717, 1.165) is 16.2 Å². The van der Waals surface area contributed by atoms with Gasteiger partial charge in [0.05, 0.1) is 29.5 Å². The molecule has 7 nitrogen and oxygen atoms in total. The molecule has 3 heterocycles. The maximum absolute atomic E-state index is 13.4. The molecule has 0 N–H and O–H groups in total. The molecule has 0 radical (unpaired) electrons. The Hall–Kier alpha value is -2.94. The SMILES string of the molecule is COCCN(CC(=O)N1N=C(c2cccs2)CC1c1ccc(Cl)cc1)C(=O)c1ccco1. The summed E-state index contributed by atoms with van der Waals surface area (Å²) in [6.07, 6.45) is 2.01. The summed E-state index contributed by atoms with van der Waals surface area (Å²) in [5.74, 6) is -0.482. The zero-order chi connectivity index (χ0) is 22.5. The molecule has 0 aliphatic carbocycles. The highest BCUT2D eigenvalue weighted by atomic mass is 35.5. The van der Waals surface area contributed by atoms with Gasteiger partial charge in [-0.3, -0.25) is 9.59 Å². The van der Waals surface area contributed by atoms with Crippen molar-refractivity contribution in [3.05, 3.63) is 81.4 Å². The lowest BCUT2D eigenvalue weighted by Crippen LogP contribution is -2.42. The van der Waals surface area contributed by atoms with E-state index in [0.29, 0.717) is 18.1 Å². The fourth-order valence-electron chi connectivity index (χ4n) is 3.52. The second-order valence-electron chi connectivity index (χ2n) is 7.23. The number of rotatable bonds is 8. The lowest BCUT2D eigenvalue weighted by atomic mass is 10.0. The molecule has 3 aromatic rings. The smallest absolute Gasteiger partial charge is 0.290 e. The molecule has 4 rings (SSSR count). The van der Waals surface area contributed by atoms with Crippen molar-refractivity contribution in [3.63, 3.8) is 0 Å². The van der Waals surface area contributed by atoms with Crippen molar-refractivity contribution < 1.29 is 18.7 Å². The van der Waals surface area contributed by atoms with Crippen LogP contribution in [0.4, 0.5) is 0 Å². The van der Waals surface area contributed by atoms with E-state index < -0.39 is 0 Å². The molecular weight excluding hydrogens is 450 g/mol. The first-order chi connectivity index (χ1) is 15.6. The average molecular weight is 472 g/mol. The summed E-state index contributed by atoms with van der Waals surface area (Å²) < 4.78 is 10.4. The van der Waals surface area contributed by atoms with E-state index in [2.05, 4.69) is 5.10 Å². The number of carbonyl (C=O) groups excluding carboxylic acids is 2. The Morgan fingerprint density at radius 2 is 2.06 bits per heavy atom. The Morgan fingerprint density at radius 1 is 1.25 bits per heavy atom. The van der Waals surface area contributed by atoms with E-state index in [4.69, 9.17) is 20.8 Å². The van der Waals surface area contributed by atoms with Crippen molar-refractivity contribution in [2.24, 2.45) is 5.10 Å². The quantitative estimate of drug-likeness (QED) is 0.486. The Balaban J connectivity index is 1.59. The molecule has 1 unspecified atom stereocenters. The van der Waals surface area contributed by atoms with Crippen LogP contribution in [0.5, 0.6) is 0 Å². The normalized spacial score (nSPS) is 15.6. The second-order valence-corrected chi connectivity index (χ2v) is 8.61. The van der Waals surface area contributed by atoms with Crippen molar-refractivity contribution in [2.75, 3.05) is 26.8 Å². The summed E-state index contributed by atoms with van der Waals surface area (Å²) in [5.41, 5.74) is 1.77. The molecule has 166 valence electrons. The summed E-state index contributed by atoms with van der Waals surface area (Å²) in [5, 5.41) is 8.74. The molecule has 2 amide bonds. The van der Waals surface area contributed by atoms with Gasteiger partial charge in [0.25, 0.3) is 11.8 Å². The molecule has 0 bridgehead atoms. The van der Waals surface area contributed by atoms with Crippen LogP contribution >= 0.6 is 22.9 Å². The van der Waals surface area contributed by atoms with Crippen LogP contribution < -0.4 is 0 Å². The first-order valence-electron chi connectivity index (χ1n) is 10.1. The highest BCUT2D eigenvalue weighted by molar-refractivity contribution is 7.12. The first-order valence-corrected chi connectivity index (χ1v) is 11.3. The Labute approximate surface area is 194 Å². The standard InChI is InChI=1S/C23H22ClN3O4S/c1-30-12-10-26(23(29)20-4-2-11-31-20)15-22(28)27-19(16-6-8-17(24)9-7-16)14-18(25-27)21-5-3-13-32-21/h2-9,11,13,19H,10,12,14-15H2,1H3. The molecule has 1 aromatic carbocycles. The minimum Gasteiger partial charge on any atom is -0.459 e. The zero-order valence-corrected chi connectivity index (χ0v) is 19.0. The highest BCUT2D eigenvalue weighted by Crippen LogP contribution is 2.34. The lowest BCUT2D eigenvalue weighted by molar-refractivity contribution is -0.133. The van der Waals surface area contributed by atoms with Crippen molar-refractivity contribution >= 4 is 40.5 Å². The van der Waals surface area contributed by atoms with Gasteiger partial charge >= 0.3 is 0 Å². The van der Waals surface area contributed by atoms with Gasteiger partial charge in [0.15, 0.2) is 5.76 Å². The number of halogens is 1. The van der Waals surface area contributed by atoms with Gasteiger partial charge in [-0.05, 0) is 41.3 Å². The van der Waals surface area contributed by atoms with Crippen LogP contribution in [-0.2, 0) is 9.53 Å². The lowest BCUT2D eigenvalue weighted by Gasteiger charge is -2.26. The fourth-order valence-corrected chi connectivity index (χ4v) is 4.37. The van der Waals surface area contributed by atoms with Crippen LogP contribution in [0.1, 0.15) is 33.5 Å². The van der Waals surface area contributed by atoms with Crippen LogP contribution in [0.25, 0.3) is 0 Å². The van der Waals surface area contributed by atoms with E-state index in [9.17, 15) is 9.59 Å². The van der Waals surface area contributed by atoms with E-state index >= 15 is 0 Å². The summed E-state index contributed by atoms with van der Waals surface area (Å²) >= 11 is 7.63. The van der Waals surface area contributed by atoms with Gasteiger partial charge in [-0.2, -0.15) is 5.10 Å². The van der Waals surface area contributed by atoms with Crippen molar-refractivity contribution in [1.82, 2.24) is 9.91 Å². The largest absolute Gasteiger partial charge is 0.459 e. The number of nitrogens with zero attached hydrogens (tertiary/aromatic N) is 3. The molecule has 2 aromatic heterocycles. The Bertz CT molecular complexity index is 1080. The van der Waals surface area contributed by atoms with Crippen LogP contribution in [0.15, 0.2) is 69.7 Å². The van der Waals surface area contributed by atoms with Gasteiger partial charge in [-0.15, -0.1) is 11.3 Å². The van der Waals surface area contributed by atoms with Crippen LogP contribution in [-0.4, -0.2) is 54.2 Å². The summed E-state index contributed by atoms with van der Waals surface area (Å²) in [4.78, 5) is 28.7. The Kier molecular flexibility index (Phi) is 7.04. The number of ether oxygens (including phenoxy) is 1. The van der Waals surface area contributed by atoms with E-state index in [1.165, 1.54) is 16.2 Å². The monoisotopic (exact) mass is 471 g/mol. The Morgan fingerprint density at radius 3 is 2.72 bits per heavy atom. The molecule has 0 saturated carbocycles. The summed E-state index contributed by atoms with van der Waals surface area (Å²) in [6, 6.07) is 14.3. The summed E-state index contributed by atoms with van der Waals surface area (Å²) in [6.45, 7) is 0.404. The molecular formula is C23H22ClN3O4S. The predicted octanol–water partition coefficient (Wildman–Crippen LogP) is 4.46. The number of methoxy groups -OCH3 is 1. The number of benzene rings is 1. The maximum atomic E-state index is 13.4. The molecule has 9 heteroatoms. The van der Waals surface area contributed by atoms with E-state index in [-0.39, 0.29) is 36.7 Å².